The van der Waals surface area contributed by atoms with Gasteiger partial charge >= 0.3 is 5.97 Å². The number of carbonyl (C=O) groups is 1. The van der Waals surface area contributed by atoms with Gasteiger partial charge in [0.2, 0.25) is 11.9 Å². The number of carbonyl (C=O) groups excluding carboxylic acids is 1. The molecule has 1 aliphatic carbocycles. The van der Waals surface area contributed by atoms with Crippen LogP contribution in [0.15, 0.2) is 24.3 Å². The molecule has 1 aromatic carbocycles. The fraction of sp³-hybridized carbons (Fsp3) is 0.350. The van der Waals surface area contributed by atoms with Crippen molar-refractivity contribution in [3.8, 4) is 0 Å². The molecule has 1 unspecified atom stereocenters. The third kappa shape index (κ3) is 4.93. The smallest absolute Gasteiger partial charge is 0.356 e. The molecule has 3 N–H and O–H groups in total. The minimum absolute atomic E-state index is 0.194. The highest BCUT2D eigenvalue weighted by molar-refractivity contribution is 5.88. The quantitative estimate of drug-likeness (QED) is 0.462. The van der Waals surface area contributed by atoms with Crippen molar-refractivity contribution in [2.45, 2.75) is 38.6 Å². The zero-order valence-electron chi connectivity index (χ0n) is 16.9. The fourth-order valence-electron chi connectivity index (χ4n) is 2.97. The lowest BCUT2D eigenvalue weighted by Gasteiger charge is -2.16. The second-order valence-electron chi connectivity index (χ2n) is 7.16. The lowest BCUT2D eigenvalue weighted by Crippen LogP contribution is -2.14. The van der Waals surface area contributed by atoms with Crippen LogP contribution < -0.4 is 10.6 Å². The largest absolute Gasteiger partial charge is 0.461 e. The molecule has 0 bridgehead atoms. The van der Waals surface area contributed by atoms with Crippen molar-refractivity contribution in [2.75, 3.05) is 17.2 Å². The molecule has 1 aliphatic rings. The van der Waals surface area contributed by atoms with Gasteiger partial charge in [0.05, 0.1) is 12.6 Å². The second-order valence-corrected chi connectivity index (χ2v) is 7.16. The fourth-order valence-corrected chi connectivity index (χ4v) is 2.97. The van der Waals surface area contributed by atoms with Crippen molar-refractivity contribution < 1.29 is 18.3 Å². The summed E-state index contributed by atoms with van der Waals surface area (Å²) in [5.41, 5.74) is 0.482. The van der Waals surface area contributed by atoms with E-state index in [1.54, 1.807) is 13.8 Å². The Kier molecular flexibility index (Phi) is 5.74. The van der Waals surface area contributed by atoms with Crippen LogP contribution in [0.5, 0.6) is 0 Å². The van der Waals surface area contributed by atoms with Crippen molar-refractivity contribution in [3.63, 3.8) is 0 Å². The maximum atomic E-state index is 14.1. The minimum Gasteiger partial charge on any atom is -0.461 e. The molecule has 0 spiro atoms. The van der Waals surface area contributed by atoms with E-state index in [4.69, 9.17) is 4.74 Å². The van der Waals surface area contributed by atoms with Crippen LogP contribution >= 0.6 is 0 Å². The number of hydrogen-bond donors (Lipinski definition) is 3. The number of aromatic amines is 1. The van der Waals surface area contributed by atoms with E-state index < -0.39 is 23.6 Å². The number of hydrogen-bond acceptors (Lipinski definition) is 8. The predicted molar refractivity (Wildman–Crippen MR) is 108 cm³/mol. The summed E-state index contributed by atoms with van der Waals surface area (Å²) in [5.74, 6) is -0.168. The van der Waals surface area contributed by atoms with Crippen LogP contribution in [0.4, 0.5) is 26.5 Å². The zero-order valence-corrected chi connectivity index (χ0v) is 16.9. The summed E-state index contributed by atoms with van der Waals surface area (Å²) in [6.07, 6.45) is 1.95. The third-order valence-corrected chi connectivity index (χ3v) is 4.68. The van der Waals surface area contributed by atoms with Gasteiger partial charge < -0.3 is 15.4 Å². The molecule has 0 aliphatic heterocycles. The highest BCUT2D eigenvalue weighted by Crippen LogP contribution is 2.38. The standard InChI is InChI=1S/C20H21F2N7O2/c1-3-31-18(30)15-9-16(29-28-15)24-20-26-17(11-4-5-11)25-19(27-20)23-10(2)13-7-6-12(21)8-14(13)22/h6-11H,3-5H2,1-2H3,(H3,23,24,25,26,27,28,29). The number of rotatable bonds is 8. The topological polar surface area (TPSA) is 118 Å². The Balaban J connectivity index is 1.55. The number of esters is 1. The number of nitrogens with one attached hydrogen (secondary N) is 3. The molecule has 0 saturated heterocycles. The van der Waals surface area contributed by atoms with Crippen molar-refractivity contribution in [1.82, 2.24) is 25.1 Å². The van der Waals surface area contributed by atoms with Gasteiger partial charge in [0.15, 0.2) is 5.82 Å². The Bertz CT molecular complexity index is 1100. The molecule has 9 nitrogen and oxygen atoms in total. The van der Waals surface area contributed by atoms with Gasteiger partial charge in [-0.1, -0.05) is 6.07 Å². The molecule has 3 aromatic rings. The Labute approximate surface area is 176 Å². The molecular weight excluding hydrogens is 408 g/mol. The summed E-state index contributed by atoms with van der Waals surface area (Å²) in [5, 5.41) is 12.6. The van der Waals surface area contributed by atoms with E-state index in [0.717, 1.165) is 18.9 Å². The number of halogens is 2. The Morgan fingerprint density at radius 2 is 2.00 bits per heavy atom. The van der Waals surface area contributed by atoms with E-state index in [-0.39, 0.29) is 35.7 Å². The molecule has 1 atom stereocenters. The number of nitrogens with zero attached hydrogens (tertiary/aromatic N) is 4. The first-order chi connectivity index (χ1) is 14.9. The van der Waals surface area contributed by atoms with Crippen molar-refractivity contribution >= 4 is 23.7 Å². The first-order valence-electron chi connectivity index (χ1n) is 9.90. The van der Waals surface area contributed by atoms with Gasteiger partial charge in [-0.25, -0.2) is 13.6 Å². The van der Waals surface area contributed by atoms with Gasteiger partial charge in [-0.15, -0.1) is 0 Å². The SMILES string of the molecule is CCOC(=O)c1cc(Nc2nc(NC(C)c3ccc(F)cc3F)nc(C3CC3)n2)n[nH]1. The van der Waals surface area contributed by atoms with Crippen molar-refractivity contribution in [2.24, 2.45) is 0 Å². The summed E-state index contributed by atoms with van der Waals surface area (Å²) < 4.78 is 32.2. The molecule has 2 heterocycles. The van der Waals surface area contributed by atoms with E-state index in [0.29, 0.717) is 11.6 Å². The summed E-state index contributed by atoms with van der Waals surface area (Å²) in [6, 6.07) is 4.39. The lowest BCUT2D eigenvalue weighted by atomic mass is 10.1. The maximum Gasteiger partial charge on any atom is 0.356 e. The highest BCUT2D eigenvalue weighted by Gasteiger charge is 2.28. The molecule has 1 saturated carbocycles. The Morgan fingerprint density at radius 3 is 2.71 bits per heavy atom. The molecule has 11 heteroatoms. The van der Waals surface area contributed by atoms with Gasteiger partial charge in [0, 0.05) is 23.6 Å². The van der Waals surface area contributed by atoms with E-state index in [9.17, 15) is 13.6 Å². The molecule has 4 rings (SSSR count). The van der Waals surface area contributed by atoms with Crippen LogP contribution in [0.2, 0.25) is 0 Å². The summed E-state index contributed by atoms with van der Waals surface area (Å²) >= 11 is 0. The van der Waals surface area contributed by atoms with Crippen molar-refractivity contribution in [1.29, 1.82) is 0 Å². The van der Waals surface area contributed by atoms with Crippen LogP contribution in [-0.2, 0) is 4.74 Å². The number of H-pyrrole nitrogens is 1. The average Bonchev–Trinajstić information content (AvgIpc) is 3.47. The maximum absolute atomic E-state index is 14.1. The molecule has 162 valence electrons. The summed E-state index contributed by atoms with van der Waals surface area (Å²) in [6.45, 7) is 3.69. The predicted octanol–water partition coefficient (Wildman–Crippen LogP) is 3.84. The number of anilines is 3. The van der Waals surface area contributed by atoms with E-state index in [1.165, 1.54) is 18.2 Å². The number of benzene rings is 1. The first-order valence-corrected chi connectivity index (χ1v) is 9.90. The summed E-state index contributed by atoms with van der Waals surface area (Å²) in [7, 11) is 0. The third-order valence-electron chi connectivity index (χ3n) is 4.68. The Hall–Kier alpha value is -3.63. The molecule has 2 aromatic heterocycles. The minimum atomic E-state index is -0.655. The number of ether oxygens (including phenoxy) is 1. The summed E-state index contributed by atoms with van der Waals surface area (Å²) in [4.78, 5) is 25.0. The van der Waals surface area contributed by atoms with Crippen LogP contribution in [0.1, 0.15) is 60.5 Å². The highest BCUT2D eigenvalue weighted by atomic mass is 19.1. The van der Waals surface area contributed by atoms with Gasteiger partial charge in [-0.2, -0.15) is 20.1 Å². The monoisotopic (exact) mass is 429 g/mol. The Morgan fingerprint density at radius 1 is 1.23 bits per heavy atom. The van der Waals surface area contributed by atoms with E-state index in [1.807, 2.05) is 0 Å². The molecule has 0 amide bonds. The van der Waals surface area contributed by atoms with Gasteiger partial charge in [0.1, 0.15) is 23.2 Å². The molecular formula is C20H21F2N7O2. The molecule has 1 fully saturated rings. The van der Waals surface area contributed by atoms with Crippen LogP contribution in [0.3, 0.4) is 0 Å². The van der Waals surface area contributed by atoms with Gasteiger partial charge in [-0.3, -0.25) is 5.10 Å². The lowest BCUT2D eigenvalue weighted by molar-refractivity contribution is 0.0519. The van der Waals surface area contributed by atoms with E-state index >= 15 is 0 Å². The molecule has 0 radical (unpaired) electrons. The van der Waals surface area contributed by atoms with Crippen LogP contribution in [0, 0.1) is 11.6 Å². The number of aromatic nitrogens is 5. The van der Waals surface area contributed by atoms with Crippen molar-refractivity contribution in [3.05, 3.63) is 53.0 Å². The van der Waals surface area contributed by atoms with Crippen LogP contribution in [0.25, 0.3) is 0 Å². The van der Waals surface area contributed by atoms with E-state index in [2.05, 4.69) is 35.8 Å². The second kappa shape index (κ2) is 8.62. The average molecular weight is 429 g/mol. The van der Waals surface area contributed by atoms with Gasteiger partial charge in [0.25, 0.3) is 0 Å². The van der Waals surface area contributed by atoms with Gasteiger partial charge in [-0.05, 0) is 32.8 Å². The zero-order chi connectivity index (χ0) is 22.0. The van der Waals surface area contributed by atoms with Crippen LogP contribution in [-0.4, -0.2) is 37.7 Å². The molecule has 31 heavy (non-hydrogen) atoms. The first kappa shape index (κ1) is 20.6. The normalized spacial score (nSPS) is 14.2.